The molecule has 0 saturated carbocycles. The van der Waals surface area contributed by atoms with E-state index in [0.717, 1.165) is 18.5 Å². The monoisotopic (exact) mass is 251 g/mol. The van der Waals surface area contributed by atoms with Crippen LogP contribution in [0.15, 0.2) is 30.0 Å². The zero-order chi connectivity index (χ0) is 12.1. The normalized spacial score (nSPS) is 18.4. The predicted octanol–water partition coefficient (Wildman–Crippen LogP) is 3.13. The third-order valence-electron chi connectivity index (χ3n) is 3.17. The zero-order valence-corrected chi connectivity index (χ0v) is 10.6. The zero-order valence-electron chi connectivity index (χ0n) is 9.82. The molecule has 0 aliphatic heterocycles. The second kappa shape index (κ2) is 6.15. The summed E-state index contributed by atoms with van der Waals surface area (Å²) in [6.07, 6.45) is 9.99. The lowest BCUT2D eigenvalue weighted by atomic mass is 9.99. The molecule has 4 heteroatoms. The van der Waals surface area contributed by atoms with E-state index in [9.17, 15) is 0 Å². The van der Waals surface area contributed by atoms with Gasteiger partial charge in [0.05, 0.1) is 16.8 Å². The van der Waals surface area contributed by atoms with E-state index in [4.69, 9.17) is 17.4 Å². The molecule has 0 saturated heterocycles. The van der Waals surface area contributed by atoms with Crippen LogP contribution in [-0.4, -0.2) is 4.98 Å². The Labute approximate surface area is 107 Å². The molecule has 0 bridgehead atoms. The number of hydrogen-bond acceptors (Lipinski definition) is 3. The van der Waals surface area contributed by atoms with Gasteiger partial charge in [-0.1, -0.05) is 24.1 Å². The molecule has 92 valence electrons. The van der Waals surface area contributed by atoms with Crippen molar-refractivity contribution in [2.45, 2.75) is 38.1 Å². The first-order chi connectivity index (χ1) is 8.33. The second-order valence-electron chi connectivity index (χ2n) is 4.35. The smallest absolute Gasteiger partial charge is 0.0856 e. The first-order valence-electron chi connectivity index (χ1n) is 6.08. The number of nitrogens with one attached hydrogen (secondary N) is 1. The van der Waals surface area contributed by atoms with E-state index < -0.39 is 0 Å². The number of aromatic nitrogens is 1. The summed E-state index contributed by atoms with van der Waals surface area (Å²) >= 11 is 6.17. The van der Waals surface area contributed by atoms with Crippen molar-refractivity contribution in [3.05, 3.63) is 40.7 Å². The highest BCUT2D eigenvalue weighted by atomic mass is 35.5. The van der Waals surface area contributed by atoms with Crippen LogP contribution in [0.25, 0.3) is 0 Å². The molecule has 0 aromatic carbocycles. The topological polar surface area (TPSA) is 50.9 Å². The standard InChI is InChI=1S/C13H18ClN3/c14-11-8-5-9-16-13(11)12(17-15)10-6-3-1-2-4-7-10/h5-6,8-9,12,17H,1-4,7,15H2. The molecular weight excluding hydrogens is 234 g/mol. The molecule has 3 nitrogen and oxygen atoms in total. The minimum Gasteiger partial charge on any atom is -0.271 e. The Morgan fingerprint density at radius 1 is 1.35 bits per heavy atom. The maximum absolute atomic E-state index is 6.17. The van der Waals surface area contributed by atoms with E-state index in [1.807, 2.05) is 12.1 Å². The van der Waals surface area contributed by atoms with Crippen LogP contribution in [0.1, 0.15) is 43.8 Å². The van der Waals surface area contributed by atoms with Gasteiger partial charge < -0.3 is 0 Å². The van der Waals surface area contributed by atoms with Gasteiger partial charge in [-0.2, -0.15) is 0 Å². The average Bonchev–Trinajstić information content (AvgIpc) is 2.62. The van der Waals surface area contributed by atoms with Crippen LogP contribution in [0.3, 0.4) is 0 Å². The Hall–Kier alpha value is -0.900. The number of hydrogen-bond donors (Lipinski definition) is 2. The fourth-order valence-electron chi connectivity index (χ4n) is 2.27. The van der Waals surface area contributed by atoms with Crippen LogP contribution >= 0.6 is 11.6 Å². The minimum absolute atomic E-state index is 0.0539. The summed E-state index contributed by atoms with van der Waals surface area (Å²) in [6.45, 7) is 0. The summed E-state index contributed by atoms with van der Waals surface area (Å²) in [4.78, 5) is 4.34. The van der Waals surface area contributed by atoms with Crippen molar-refractivity contribution in [2.75, 3.05) is 0 Å². The van der Waals surface area contributed by atoms with Gasteiger partial charge in [0.2, 0.25) is 0 Å². The van der Waals surface area contributed by atoms with Gasteiger partial charge in [0.25, 0.3) is 0 Å². The summed E-state index contributed by atoms with van der Waals surface area (Å²) in [5, 5.41) is 0.667. The third-order valence-corrected chi connectivity index (χ3v) is 3.49. The molecule has 0 amide bonds. The van der Waals surface area contributed by atoms with Crippen molar-refractivity contribution < 1.29 is 0 Å². The lowest BCUT2D eigenvalue weighted by Crippen LogP contribution is -2.30. The summed E-state index contributed by atoms with van der Waals surface area (Å²) < 4.78 is 0. The van der Waals surface area contributed by atoms with E-state index >= 15 is 0 Å². The number of nitrogens with zero attached hydrogens (tertiary/aromatic N) is 1. The highest BCUT2D eigenvalue weighted by Crippen LogP contribution is 2.30. The number of pyridine rings is 1. The average molecular weight is 252 g/mol. The number of hydrazine groups is 1. The van der Waals surface area contributed by atoms with Crippen molar-refractivity contribution in [1.29, 1.82) is 0 Å². The van der Waals surface area contributed by atoms with E-state index in [-0.39, 0.29) is 6.04 Å². The van der Waals surface area contributed by atoms with Crippen LogP contribution in [0.4, 0.5) is 0 Å². The minimum atomic E-state index is -0.0539. The van der Waals surface area contributed by atoms with Gasteiger partial charge in [-0.3, -0.25) is 10.8 Å². The van der Waals surface area contributed by atoms with Gasteiger partial charge in [0, 0.05) is 6.20 Å². The maximum Gasteiger partial charge on any atom is 0.0856 e. The van der Waals surface area contributed by atoms with Gasteiger partial charge in [0.15, 0.2) is 0 Å². The quantitative estimate of drug-likeness (QED) is 0.493. The SMILES string of the molecule is NNC(C1=CCCCCC1)c1ncccc1Cl. The van der Waals surface area contributed by atoms with Crippen LogP contribution < -0.4 is 11.3 Å². The third kappa shape index (κ3) is 3.06. The fraction of sp³-hybridized carbons (Fsp3) is 0.462. The van der Waals surface area contributed by atoms with Gasteiger partial charge in [-0.25, -0.2) is 5.43 Å². The van der Waals surface area contributed by atoms with Gasteiger partial charge in [-0.15, -0.1) is 0 Å². The van der Waals surface area contributed by atoms with Crippen LogP contribution in [0.2, 0.25) is 5.02 Å². The van der Waals surface area contributed by atoms with E-state index in [1.165, 1.54) is 24.8 Å². The Kier molecular flexibility index (Phi) is 4.54. The first kappa shape index (κ1) is 12.6. The van der Waals surface area contributed by atoms with Crippen molar-refractivity contribution in [3.8, 4) is 0 Å². The Balaban J connectivity index is 2.26. The molecule has 1 aromatic heterocycles. The molecule has 0 fully saturated rings. The molecule has 1 aliphatic rings. The summed E-state index contributed by atoms with van der Waals surface area (Å²) in [5.74, 6) is 5.67. The molecule has 1 unspecified atom stereocenters. The fourth-order valence-corrected chi connectivity index (χ4v) is 2.50. The maximum atomic E-state index is 6.17. The van der Waals surface area contributed by atoms with Crippen molar-refractivity contribution >= 4 is 11.6 Å². The lowest BCUT2D eigenvalue weighted by molar-refractivity contribution is 0.580. The summed E-state index contributed by atoms with van der Waals surface area (Å²) in [5.41, 5.74) is 4.98. The highest BCUT2D eigenvalue weighted by molar-refractivity contribution is 6.31. The molecule has 1 atom stereocenters. The first-order valence-corrected chi connectivity index (χ1v) is 6.46. The highest BCUT2D eigenvalue weighted by Gasteiger charge is 2.19. The summed E-state index contributed by atoms with van der Waals surface area (Å²) in [7, 11) is 0. The van der Waals surface area contributed by atoms with Gasteiger partial charge in [-0.05, 0) is 43.4 Å². The van der Waals surface area contributed by atoms with Crippen LogP contribution in [-0.2, 0) is 0 Å². The molecule has 1 heterocycles. The van der Waals surface area contributed by atoms with Crippen molar-refractivity contribution in [2.24, 2.45) is 5.84 Å². The van der Waals surface area contributed by atoms with Crippen LogP contribution in [0, 0.1) is 0 Å². The van der Waals surface area contributed by atoms with Crippen molar-refractivity contribution in [1.82, 2.24) is 10.4 Å². The van der Waals surface area contributed by atoms with Crippen molar-refractivity contribution in [3.63, 3.8) is 0 Å². The predicted molar refractivity (Wildman–Crippen MR) is 70.5 cm³/mol. The molecule has 3 N–H and O–H groups in total. The number of rotatable bonds is 3. The molecule has 17 heavy (non-hydrogen) atoms. The number of halogens is 1. The van der Waals surface area contributed by atoms with E-state index in [1.54, 1.807) is 6.20 Å². The van der Waals surface area contributed by atoms with Crippen LogP contribution in [0.5, 0.6) is 0 Å². The molecule has 0 spiro atoms. The lowest BCUT2D eigenvalue weighted by Gasteiger charge is -2.19. The number of allylic oxidation sites excluding steroid dienone is 1. The Morgan fingerprint density at radius 2 is 2.24 bits per heavy atom. The number of nitrogens with two attached hydrogens (primary N) is 1. The second-order valence-corrected chi connectivity index (χ2v) is 4.76. The molecule has 1 aromatic rings. The van der Waals surface area contributed by atoms with Gasteiger partial charge >= 0.3 is 0 Å². The summed E-state index contributed by atoms with van der Waals surface area (Å²) in [6, 6.07) is 3.63. The molecule has 2 rings (SSSR count). The van der Waals surface area contributed by atoms with E-state index in [0.29, 0.717) is 5.02 Å². The molecule has 1 aliphatic carbocycles. The van der Waals surface area contributed by atoms with Gasteiger partial charge in [0.1, 0.15) is 0 Å². The van der Waals surface area contributed by atoms with E-state index in [2.05, 4.69) is 16.5 Å². The molecular formula is C13H18ClN3. The Morgan fingerprint density at radius 3 is 3.00 bits per heavy atom. The largest absolute Gasteiger partial charge is 0.271 e. The molecule has 0 radical (unpaired) electrons. The Bertz CT molecular complexity index is 403.